The molecule has 1 amide bonds. The minimum absolute atomic E-state index is 0.126. The molecule has 0 aliphatic carbocycles. The molecule has 0 saturated carbocycles. The van der Waals surface area contributed by atoms with Crippen molar-refractivity contribution in [2.45, 2.75) is 19.8 Å². The van der Waals surface area contributed by atoms with Gasteiger partial charge in [0.25, 0.3) is 5.91 Å². The number of rotatable bonds is 3. The fourth-order valence-corrected chi connectivity index (χ4v) is 2.32. The predicted molar refractivity (Wildman–Crippen MR) is 78.7 cm³/mol. The maximum Gasteiger partial charge on any atom is 0.273 e. The van der Waals surface area contributed by atoms with Crippen LogP contribution in [0.15, 0.2) is 12.1 Å². The third-order valence-corrected chi connectivity index (χ3v) is 4.06. The summed E-state index contributed by atoms with van der Waals surface area (Å²) in [6, 6.07) is 3.61. The highest BCUT2D eigenvalue weighted by Gasteiger charge is 2.29. The second-order valence-corrected chi connectivity index (χ2v) is 5.98. The molecule has 1 fully saturated rings. The number of nitrogens with two attached hydrogens (primary N) is 1. The van der Waals surface area contributed by atoms with Crippen LogP contribution in [0.3, 0.4) is 0 Å². The van der Waals surface area contributed by atoms with E-state index in [2.05, 4.69) is 22.0 Å². The molecule has 0 aromatic carbocycles. The second-order valence-electron chi connectivity index (χ2n) is 5.98. The highest BCUT2D eigenvalue weighted by atomic mass is 16.2. The van der Waals surface area contributed by atoms with Crippen molar-refractivity contribution in [3.05, 3.63) is 17.8 Å². The third-order valence-electron chi connectivity index (χ3n) is 4.06. The van der Waals surface area contributed by atoms with E-state index < -0.39 is 0 Å². The Morgan fingerprint density at radius 2 is 2.00 bits per heavy atom. The van der Waals surface area contributed by atoms with Crippen molar-refractivity contribution < 1.29 is 4.79 Å². The van der Waals surface area contributed by atoms with E-state index in [9.17, 15) is 4.79 Å². The van der Waals surface area contributed by atoms with E-state index in [4.69, 9.17) is 5.73 Å². The van der Waals surface area contributed by atoms with E-state index in [0.717, 1.165) is 38.3 Å². The van der Waals surface area contributed by atoms with E-state index in [0.29, 0.717) is 5.69 Å². The average molecular weight is 277 g/mol. The minimum Gasteiger partial charge on any atom is -0.355 e. The Labute approximate surface area is 120 Å². The molecule has 6 nitrogen and oxygen atoms in total. The first-order valence-electron chi connectivity index (χ1n) is 6.96. The van der Waals surface area contributed by atoms with Crippen LogP contribution in [0.2, 0.25) is 0 Å². The van der Waals surface area contributed by atoms with Gasteiger partial charge in [0.05, 0.1) is 0 Å². The van der Waals surface area contributed by atoms with Crippen LogP contribution in [0.5, 0.6) is 0 Å². The maximum atomic E-state index is 11.8. The Morgan fingerprint density at radius 1 is 1.35 bits per heavy atom. The molecule has 2 heterocycles. The summed E-state index contributed by atoms with van der Waals surface area (Å²) in [5.41, 5.74) is 6.43. The van der Waals surface area contributed by atoms with Crippen molar-refractivity contribution in [1.82, 2.24) is 15.1 Å². The molecule has 0 spiro atoms. The summed E-state index contributed by atoms with van der Waals surface area (Å²) in [5.74, 6) is 0.706. The van der Waals surface area contributed by atoms with Crippen LogP contribution in [-0.2, 0) is 0 Å². The SMILES string of the molecule is CN(C)C(=O)c1ccc(N2CCC(C)(CN)CC2)nn1. The summed E-state index contributed by atoms with van der Waals surface area (Å²) in [4.78, 5) is 15.5. The molecule has 0 radical (unpaired) electrons. The lowest BCUT2D eigenvalue weighted by atomic mass is 9.80. The highest BCUT2D eigenvalue weighted by molar-refractivity contribution is 5.91. The molecule has 6 heteroatoms. The molecule has 0 bridgehead atoms. The number of carbonyl (C=O) groups excluding carboxylic acids is 1. The summed E-state index contributed by atoms with van der Waals surface area (Å²) in [5, 5.41) is 8.20. The van der Waals surface area contributed by atoms with Gasteiger partial charge in [0.1, 0.15) is 0 Å². The molecule has 110 valence electrons. The lowest BCUT2D eigenvalue weighted by Gasteiger charge is -2.39. The summed E-state index contributed by atoms with van der Waals surface area (Å²) in [6.45, 7) is 4.82. The number of nitrogens with zero attached hydrogens (tertiary/aromatic N) is 4. The number of hydrogen-bond acceptors (Lipinski definition) is 5. The standard InChI is InChI=1S/C14H23N5O/c1-14(10-15)6-8-19(9-7-14)12-5-4-11(16-17-12)13(20)18(2)3/h4-5H,6-10,15H2,1-3H3. The Kier molecular flexibility index (Phi) is 4.23. The molecule has 1 saturated heterocycles. The van der Waals surface area contributed by atoms with Crippen LogP contribution in [0.1, 0.15) is 30.3 Å². The topological polar surface area (TPSA) is 75.4 Å². The van der Waals surface area contributed by atoms with Crippen molar-refractivity contribution in [2.24, 2.45) is 11.1 Å². The smallest absolute Gasteiger partial charge is 0.273 e. The molecular weight excluding hydrogens is 254 g/mol. The maximum absolute atomic E-state index is 11.8. The first-order valence-corrected chi connectivity index (χ1v) is 6.96. The molecular formula is C14H23N5O. The van der Waals surface area contributed by atoms with Gasteiger partial charge in [-0.15, -0.1) is 10.2 Å². The van der Waals surface area contributed by atoms with Gasteiger partial charge in [0.15, 0.2) is 11.5 Å². The Bertz CT molecular complexity index is 463. The first-order chi connectivity index (χ1) is 9.45. The lowest BCUT2D eigenvalue weighted by molar-refractivity contribution is 0.0821. The number of amides is 1. The number of anilines is 1. The highest BCUT2D eigenvalue weighted by Crippen LogP contribution is 2.31. The molecule has 1 aliphatic heterocycles. The molecule has 2 rings (SSSR count). The molecule has 0 unspecified atom stereocenters. The van der Waals surface area contributed by atoms with Crippen molar-refractivity contribution in [3.8, 4) is 0 Å². The van der Waals surface area contributed by atoms with Gasteiger partial charge in [-0.1, -0.05) is 6.92 Å². The summed E-state index contributed by atoms with van der Waals surface area (Å²) in [6.07, 6.45) is 2.12. The van der Waals surface area contributed by atoms with Crippen molar-refractivity contribution in [3.63, 3.8) is 0 Å². The van der Waals surface area contributed by atoms with Crippen LogP contribution in [0.25, 0.3) is 0 Å². The van der Waals surface area contributed by atoms with E-state index in [1.165, 1.54) is 4.90 Å². The zero-order valence-electron chi connectivity index (χ0n) is 12.5. The fraction of sp³-hybridized carbons (Fsp3) is 0.643. The molecule has 1 aromatic rings. The van der Waals surface area contributed by atoms with Gasteiger partial charge in [-0.05, 0) is 36.9 Å². The van der Waals surface area contributed by atoms with E-state index in [1.807, 2.05) is 6.07 Å². The number of aromatic nitrogens is 2. The van der Waals surface area contributed by atoms with E-state index in [-0.39, 0.29) is 11.3 Å². The molecule has 0 atom stereocenters. The summed E-state index contributed by atoms with van der Waals surface area (Å²) < 4.78 is 0. The van der Waals surface area contributed by atoms with Gasteiger partial charge < -0.3 is 15.5 Å². The summed E-state index contributed by atoms with van der Waals surface area (Å²) >= 11 is 0. The van der Waals surface area contributed by atoms with Crippen LogP contribution in [0, 0.1) is 5.41 Å². The van der Waals surface area contributed by atoms with Gasteiger partial charge in [0.2, 0.25) is 0 Å². The Morgan fingerprint density at radius 3 is 2.45 bits per heavy atom. The molecule has 1 aromatic heterocycles. The van der Waals surface area contributed by atoms with Gasteiger partial charge in [0, 0.05) is 27.2 Å². The minimum atomic E-state index is -0.126. The van der Waals surface area contributed by atoms with Gasteiger partial charge in [-0.25, -0.2) is 0 Å². The van der Waals surface area contributed by atoms with Crippen molar-refractivity contribution in [2.75, 3.05) is 38.6 Å². The van der Waals surface area contributed by atoms with Crippen LogP contribution in [-0.4, -0.2) is 54.7 Å². The molecule has 1 aliphatic rings. The average Bonchev–Trinajstić information content (AvgIpc) is 2.47. The predicted octanol–water partition coefficient (Wildman–Crippen LogP) is 0.744. The van der Waals surface area contributed by atoms with Crippen LogP contribution < -0.4 is 10.6 Å². The normalized spacial score (nSPS) is 17.9. The van der Waals surface area contributed by atoms with Gasteiger partial charge in [-0.2, -0.15) is 0 Å². The zero-order valence-corrected chi connectivity index (χ0v) is 12.5. The molecule has 20 heavy (non-hydrogen) atoms. The number of hydrogen-bond donors (Lipinski definition) is 1. The largest absolute Gasteiger partial charge is 0.355 e. The Balaban J connectivity index is 2.03. The van der Waals surface area contributed by atoms with Crippen LogP contribution in [0.4, 0.5) is 5.82 Å². The Hall–Kier alpha value is -1.69. The lowest BCUT2D eigenvalue weighted by Crippen LogP contribution is -2.42. The van der Waals surface area contributed by atoms with Gasteiger partial charge >= 0.3 is 0 Å². The van der Waals surface area contributed by atoms with Gasteiger partial charge in [-0.3, -0.25) is 4.79 Å². The van der Waals surface area contributed by atoms with Crippen molar-refractivity contribution >= 4 is 11.7 Å². The third kappa shape index (κ3) is 3.07. The quantitative estimate of drug-likeness (QED) is 0.882. The number of carbonyl (C=O) groups is 1. The fourth-order valence-electron chi connectivity index (χ4n) is 2.32. The summed E-state index contributed by atoms with van der Waals surface area (Å²) in [7, 11) is 3.41. The van der Waals surface area contributed by atoms with E-state index in [1.54, 1.807) is 20.2 Å². The van der Waals surface area contributed by atoms with Crippen molar-refractivity contribution in [1.29, 1.82) is 0 Å². The zero-order chi connectivity index (χ0) is 14.8. The van der Waals surface area contributed by atoms with E-state index >= 15 is 0 Å². The molecule has 2 N–H and O–H groups in total. The monoisotopic (exact) mass is 277 g/mol. The number of piperidine rings is 1. The van der Waals surface area contributed by atoms with Crippen LogP contribution >= 0.6 is 0 Å². The first kappa shape index (κ1) is 14.7. The second kappa shape index (κ2) is 5.75.